The zero-order valence-corrected chi connectivity index (χ0v) is 15.6. The van der Waals surface area contributed by atoms with Crippen LogP contribution in [0.5, 0.6) is 0 Å². The van der Waals surface area contributed by atoms with Gasteiger partial charge in [-0.3, -0.25) is 4.98 Å². The van der Waals surface area contributed by atoms with Crippen molar-refractivity contribution in [1.29, 1.82) is 0 Å². The smallest absolute Gasteiger partial charge is 0.399 e. The first-order valence-electron chi connectivity index (χ1n) is 8.93. The molecule has 0 amide bonds. The van der Waals surface area contributed by atoms with Gasteiger partial charge in [0, 0.05) is 11.9 Å². The first kappa shape index (κ1) is 16.6. The van der Waals surface area contributed by atoms with E-state index in [9.17, 15) is 0 Å². The molecule has 3 aliphatic rings. The Morgan fingerprint density at radius 2 is 1.88 bits per heavy atom. The average molecular weight is 336 g/mol. The topological polar surface area (TPSA) is 34.6 Å². The average Bonchev–Trinajstić information content (AvgIpc) is 3.06. The van der Waals surface area contributed by atoms with Crippen LogP contribution in [-0.2, 0) is 9.31 Å². The van der Waals surface area contributed by atoms with E-state index >= 15 is 0 Å². The van der Waals surface area contributed by atoms with Gasteiger partial charge in [0.25, 0.3) is 0 Å². The third-order valence-corrected chi connectivity index (χ3v) is 5.78. The van der Waals surface area contributed by atoms with E-state index in [1.165, 1.54) is 5.57 Å². The fourth-order valence-electron chi connectivity index (χ4n) is 3.46. The molecule has 4 nitrogen and oxygen atoms in total. The lowest BCUT2D eigenvalue weighted by atomic mass is 9.73. The summed E-state index contributed by atoms with van der Waals surface area (Å²) in [6.45, 7) is 10.4. The summed E-state index contributed by atoms with van der Waals surface area (Å²) in [6, 6.07) is 4.51. The standard InChI is InChI=1S/C20H25BN2O2/c1-14-6-8-17(13-22-14)23-11-10-15-12-16(7-9-18(15)23)21-24-19(2,3)20(4,5)25-21/h6-8,10-13,18H,9H2,1-5H3. The SMILES string of the molecule is Cc1ccc(N2C=CC3=CC(B4OC(C)(C)C(C)(C)O4)=CCC32)cn1. The molecule has 1 aliphatic carbocycles. The summed E-state index contributed by atoms with van der Waals surface area (Å²) in [6.07, 6.45) is 11.7. The summed E-state index contributed by atoms with van der Waals surface area (Å²) in [4.78, 5) is 6.71. The molecule has 0 N–H and O–H groups in total. The first-order valence-corrected chi connectivity index (χ1v) is 8.93. The number of aromatic nitrogens is 1. The number of hydrogen-bond donors (Lipinski definition) is 0. The summed E-state index contributed by atoms with van der Waals surface area (Å²) < 4.78 is 12.4. The molecular weight excluding hydrogens is 311 g/mol. The highest BCUT2D eigenvalue weighted by Gasteiger charge is 2.52. The number of aryl methyl sites for hydroxylation is 1. The maximum Gasteiger partial charge on any atom is 0.494 e. The summed E-state index contributed by atoms with van der Waals surface area (Å²) >= 11 is 0. The highest BCUT2D eigenvalue weighted by Crippen LogP contribution is 2.41. The van der Waals surface area contributed by atoms with Gasteiger partial charge in [-0.15, -0.1) is 0 Å². The second kappa shape index (κ2) is 5.58. The van der Waals surface area contributed by atoms with Crippen molar-refractivity contribution in [1.82, 2.24) is 4.98 Å². The summed E-state index contributed by atoms with van der Waals surface area (Å²) in [5, 5.41) is 0. The highest BCUT2D eigenvalue weighted by molar-refractivity contribution is 6.55. The zero-order chi connectivity index (χ0) is 17.8. The Hall–Kier alpha value is -1.85. The van der Waals surface area contributed by atoms with Crippen LogP contribution in [0.1, 0.15) is 39.8 Å². The number of nitrogens with zero attached hydrogens (tertiary/aromatic N) is 2. The second-order valence-electron chi connectivity index (χ2n) is 8.07. The quantitative estimate of drug-likeness (QED) is 0.765. The minimum absolute atomic E-state index is 0.290. The van der Waals surface area contributed by atoms with Crippen LogP contribution in [-0.4, -0.2) is 29.3 Å². The van der Waals surface area contributed by atoms with Crippen molar-refractivity contribution in [2.75, 3.05) is 4.90 Å². The van der Waals surface area contributed by atoms with Crippen LogP contribution in [0.15, 0.2) is 53.8 Å². The maximum absolute atomic E-state index is 6.19. The van der Waals surface area contributed by atoms with Crippen LogP contribution in [0, 0.1) is 6.92 Å². The predicted octanol–water partition coefficient (Wildman–Crippen LogP) is 3.98. The number of fused-ring (bicyclic) bond motifs is 1. The van der Waals surface area contributed by atoms with Crippen LogP contribution in [0.2, 0.25) is 0 Å². The van der Waals surface area contributed by atoms with Gasteiger partial charge in [0.05, 0.1) is 29.1 Å². The van der Waals surface area contributed by atoms with E-state index in [2.05, 4.69) is 74.1 Å². The van der Waals surface area contributed by atoms with Gasteiger partial charge in [-0.1, -0.05) is 12.2 Å². The molecule has 1 aromatic rings. The molecule has 130 valence electrons. The molecule has 1 fully saturated rings. The van der Waals surface area contributed by atoms with Gasteiger partial charge in [0.2, 0.25) is 0 Å². The van der Waals surface area contributed by atoms with Crippen LogP contribution in [0.25, 0.3) is 0 Å². The Morgan fingerprint density at radius 3 is 2.52 bits per heavy atom. The van der Waals surface area contributed by atoms with Crippen LogP contribution in [0.3, 0.4) is 0 Å². The molecule has 0 aromatic carbocycles. The molecule has 0 radical (unpaired) electrons. The third-order valence-electron chi connectivity index (χ3n) is 5.78. The number of pyridine rings is 1. The normalized spacial score (nSPS) is 26.5. The Kier molecular flexibility index (Phi) is 3.71. The lowest BCUT2D eigenvalue weighted by molar-refractivity contribution is 0.00578. The van der Waals surface area contributed by atoms with Gasteiger partial charge < -0.3 is 14.2 Å². The van der Waals surface area contributed by atoms with Gasteiger partial charge in [-0.05, 0) is 70.3 Å². The zero-order valence-electron chi connectivity index (χ0n) is 15.6. The van der Waals surface area contributed by atoms with Crippen molar-refractivity contribution < 1.29 is 9.31 Å². The van der Waals surface area contributed by atoms with Crippen molar-refractivity contribution in [2.24, 2.45) is 0 Å². The molecule has 25 heavy (non-hydrogen) atoms. The molecule has 2 aliphatic heterocycles. The molecule has 1 saturated heterocycles. The van der Waals surface area contributed by atoms with Gasteiger partial charge in [-0.25, -0.2) is 0 Å². The Labute approximate surface area is 150 Å². The molecule has 0 saturated carbocycles. The minimum atomic E-state index is -0.307. The lowest BCUT2D eigenvalue weighted by Crippen LogP contribution is -2.41. The van der Waals surface area contributed by atoms with Gasteiger partial charge in [0.15, 0.2) is 0 Å². The third kappa shape index (κ3) is 2.76. The van der Waals surface area contributed by atoms with E-state index in [4.69, 9.17) is 9.31 Å². The molecule has 1 aromatic heterocycles. The molecule has 5 heteroatoms. The van der Waals surface area contributed by atoms with Crippen molar-refractivity contribution in [3.8, 4) is 0 Å². The summed E-state index contributed by atoms with van der Waals surface area (Å²) in [7, 11) is -0.290. The summed E-state index contributed by atoms with van der Waals surface area (Å²) in [5.74, 6) is 0. The van der Waals surface area contributed by atoms with Crippen LogP contribution < -0.4 is 4.90 Å². The molecule has 3 heterocycles. The van der Waals surface area contributed by atoms with E-state index in [1.807, 2.05) is 13.1 Å². The molecule has 1 atom stereocenters. The predicted molar refractivity (Wildman–Crippen MR) is 101 cm³/mol. The van der Waals surface area contributed by atoms with E-state index in [1.54, 1.807) is 0 Å². The van der Waals surface area contributed by atoms with Crippen LogP contribution in [0.4, 0.5) is 5.69 Å². The van der Waals surface area contributed by atoms with Crippen LogP contribution >= 0.6 is 0 Å². The molecule has 0 bridgehead atoms. The second-order valence-corrected chi connectivity index (χ2v) is 8.07. The Morgan fingerprint density at radius 1 is 1.16 bits per heavy atom. The summed E-state index contributed by atoms with van der Waals surface area (Å²) in [5.41, 5.74) is 3.97. The monoisotopic (exact) mass is 336 g/mol. The fraction of sp³-hybridized carbons (Fsp3) is 0.450. The highest BCUT2D eigenvalue weighted by atomic mass is 16.7. The first-order chi connectivity index (χ1) is 11.8. The van der Waals surface area contributed by atoms with Gasteiger partial charge >= 0.3 is 7.12 Å². The van der Waals surface area contributed by atoms with Crippen molar-refractivity contribution in [3.63, 3.8) is 0 Å². The molecular formula is C20H25BN2O2. The van der Waals surface area contributed by atoms with E-state index in [0.717, 1.165) is 23.3 Å². The van der Waals surface area contributed by atoms with Crippen molar-refractivity contribution >= 4 is 12.8 Å². The Bertz CT molecular complexity index is 761. The van der Waals surface area contributed by atoms with E-state index in [-0.39, 0.29) is 18.3 Å². The minimum Gasteiger partial charge on any atom is -0.399 e. The fourth-order valence-corrected chi connectivity index (χ4v) is 3.46. The number of rotatable bonds is 2. The maximum atomic E-state index is 6.19. The lowest BCUT2D eigenvalue weighted by Gasteiger charge is -2.32. The number of hydrogen-bond acceptors (Lipinski definition) is 4. The van der Waals surface area contributed by atoms with Crippen molar-refractivity contribution in [3.05, 3.63) is 59.5 Å². The largest absolute Gasteiger partial charge is 0.494 e. The molecule has 1 unspecified atom stereocenters. The number of anilines is 1. The number of allylic oxidation sites excluding steroid dienone is 2. The molecule has 4 rings (SSSR count). The van der Waals surface area contributed by atoms with E-state index in [0.29, 0.717) is 6.04 Å². The van der Waals surface area contributed by atoms with Crippen molar-refractivity contribution in [2.45, 2.75) is 58.3 Å². The van der Waals surface area contributed by atoms with Gasteiger partial charge in [-0.2, -0.15) is 0 Å². The van der Waals surface area contributed by atoms with E-state index < -0.39 is 0 Å². The Balaban J connectivity index is 1.53. The van der Waals surface area contributed by atoms with Gasteiger partial charge in [0.1, 0.15) is 0 Å². The molecule has 0 spiro atoms.